The molecule has 2 aliphatic rings. The lowest BCUT2D eigenvalue weighted by molar-refractivity contribution is -0.140. The predicted octanol–water partition coefficient (Wildman–Crippen LogP) is 3.05. The molecule has 0 spiro atoms. The van der Waals surface area contributed by atoms with Gasteiger partial charge in [-0.2, -0.15) is 13.2 Å². The molecule has 3 aromatic rings. The third kappa shape index (κ3) is 7.74. The van der Waals surface area contributed by atoms with Gasteiger partial charge in [0.15, 0.2) is 0 Å². The second-order valence-electron chi connectivity index (χ2n) is 11.2. The molecule has 13 heteroatoms. The number of benzene rings is 1. The lowest BCUT2D eigenvalue weighted by Gasteiger charge is -2.38. The number of rotatable bonds is 2. The third-order valence-electron chi connectivity index (χ3n) is 8.00. The van der Waals surface area contributed by atoms with Gasteiger partial charge >= 0.3 is 6.18 Å². The Morgan fingerprint density at radius 2 is 1.91 bits per heavy atom. The molecule has 10 nitrogen and oxygen atoms in total. The number of amides is 2. The summed E-state index contributed by atoms with van der Waals surface area (Å²) in [5, 5.41) is 6.89. The van der Waals surface area contributed by atoms with Gasteiger partial charge in [-0.15, -0.1) is 0 Å². The first-order valence-electron chi connectivity index (χ1n) is 14.7. The number of halogens is 3. The molecule has 2 aromatic heterocycles. The quantitative estimate of drug-likeness (QED) is 0.383. The first-order chi connectivity index (χ1) is 21.1. The van der Waals surface area contributed by atoms with Crippen molar-refractivity contribution in [3.05, 3.63) is 53.5 Å². The summed E-state index contributed by atoms with van der Waals surface area (Å²) in [5.41, 5.74) is 6.95. The molecule has 236 valence electrons. The highest BCUT2D eigenvalue weighted by Crippen LogP contribution is 2.32. The van der Waals surface area contributed by atoms with E-state index in [1.807, 2.05) is 6.07 Å². The molecular formula is C31H37F3N6O4. The van der Waals surface area contributed by atoms with Gasteiger partial charge in [0.25, 0.3) is 11.8 Å². The summed E-state index contributed by atoms with van der Waals surface area (Å²) < 4.78 is 55.4. The van der Waals surface area contributed by atoms with Crippen molar-refractivity contribution in [1.82, 2.24) is 19.4 Å². The topological polar surface area (TPSA) is 116 Å². The summed E-state index contributed by atoms with van der Waals surface area (Å²) in [6.07, 6.45) is 0.220. The van der Waals surface area contributed by atoms with Gasteiger partial charge in [0.2, 0.25) is 0 Å². The van der Waals surface area contributed by atoms with Crippen molar-refractivity contribution in [2.75, 3.05) is 58.4 Å². The van der Waals surface area contributed by atoms with E-state index in [-0.39, 0.29) is 35.3 Å². The van der Waals surface area contributed by atoms with Crippen molar-refractivity contribution in [2.24, 2.45) is 11.7 Å². The monoisotopic (exact) mass is 614 g/mol. The molecule has 0 saturated carbocycles. The van der Waals surface area contributed by atoms with Gasteiger partial charge in [0.1, 0.15) is 6.54 Å². The first kappa shape index (κ1) is 31.4. The molecule has 4 N–H and O–H groups in total. The lowest BCUT2D eigenvalue weighted by atomic mass is 9.89. The highest BCUT2D eigenvalue weighted by Gasteiger charge is 2.31. The van der Waals surface area contributed by atoms with Crippen molar-refractivity contribution in [3.8, 4) is 11.8 Å². The standard InChI is InChI=1S/C31H37F3N6O4/c1-38-10-7-26-21(17-38)8-12-43-14-15-44-13-11-39-18-24(29(35)41)25(19-39)30(42)36-9-3-4-22-16-23-27(37-26)5-2-6-28(23)40(22)20-31(32,33)34/h2,5-6,16,18-19,21,26,37H,7-15,17,20H2,1H3,(H2,35,41)(H,36,42). The van der Waals surface area contributed by atoms with Gasteiger partial charge in [0, 0.05) is 49.2 Å². The largest absolute Gasteiger partial charge is 0.406 e. The van der Waals surface area contributed by atoms with Crippen LogP contribution in [0.4, 0.5) is 18.9 Å². The summed E-state index contributed by atoms with van der Waals surface area (Å²) in [4.78, 5) is 27.1. The maximum absolute atomic E-state index is 13.7. The molecular weight excluding hydrogens is 577 g/mol. The number of ether oxygens (including phenoxy) is 2. The predicted molar refractivity (Wildman–Crippen MR) is 159 cm³/mol. The number of primary amides is 1. The van der Waals surface area contributed by atoms with Gasteiger partial charge in [0.05, 0.1) is 48.7 Å². The Labute approximate surface area is 253 Å². The molecule has 1 aromatic carbocycles. The number of nitrogens with two attached hydrogens (primary N) is 1. The number of hydrogen-bond acceptors (Lipinski definition) is 6. The second-order valence-corrected chi connectivity index (χ2v) is 11.2. The molecule has 5 rings (SSSR count). The number of hydrogen-bond donors (Lipinski definition) is 3. The number of aromatic nitrogens is 2. The molecule has 4 bridgehead atoms. The Bertz CT molecular complexity index is 1550. The van der Waals surface area contributed by atoms with E-state index in [2.05, 4.69) is 34.4 Å². The maximum Gasteiger partial charge on any atom is 0.406 e. The van der Waals surface area contributed by atoms with Crippen LogP contribution in [0.5, 0.6) is 0 Å². The fraction of sp³-hybridized carbons (Fsp3) is 0.484. The molecule has 2 unspecified atom stereocenters. The van der Waals surface area contributed by atoms with E-state index in [4.69, 9.17) is 15.2 Å². The van der Waals surface area contributed by atoms with Crippen molar-refractivity contribution >= 4 is 28.4 Å². The Kier molecular flexibility index (Phi) is 9.83. The minimum absolute atomic E-state index is 0.0465. The zero-order valence-corrected chi connectivity index (χ0v) is 24.6. The van der Waals surface area contributed by atoms with E-state index in [0.717, 1.165) is 36.2 Å². The summed E-state index contributed by atoms with van der Waals surface area (Å²) >= 11 is 0. The molecule has 1 saturated heterocycles. The number of nitrogens with zero attached hydrogens (tertiary/aromatic N) is 3. The van der Waals surface area contributed by atoms with Crippen molar-refractivity contribution in [3.63, 3.8) is 0 Å². The highest BCUT2D eigenvalue weighted by atomic mass is 19.4. The van der Waals surface area contributed by atoms with E-state index in [1.54, 1.807) is 22.8 Å². The zero-order chi connectivity index (χ0) is 31.3. The van der Waals surface area contributed by atoms with E-state index in [9.17, 15) is 22.8 Å². The molecule has 0 radical (unpaired) electrons. The van der Waals surface area contributed by atoms with Gasteiger partial charge in [-0.05, 0) is 56.5 Å². The second kappa shape index (κ2) is 13.8. The van der Waals surface area contributed by atoms with Crippen LogP contribution in [0.1, 0.15) is 39.3 Å². The fourth-order valence-electron chi connectivity index (χ4n) is 5.86. The SMILES string of the molecule is CN1CCC2Nc3cccc4c3cc(n4CC(F)(F)F)C#CCNC(=O)c3cn(cc3C(N)=O)CCOCCOCCC2C1. The Morgan fingerprint density at radius 1 is 1.11 bits per heavy atom. The number of anilines is 1. The number of carbonyl (C=O) groups is 2. The molecule has 44 heavy (non-hydrogen) atoms. The number of alkyl halides is 3. The van der Waals surface area contributed by atoms with E-state index in [1.165, 1.54) is 12.4 Å². The third-order valence-corrected chi connectivity index (χ3v) is 8.00. The van der Waals surface area contributed by atoms with Crippen molar-refractivity contribution < 1.29 is 32.2 Å². The highest BCUT2D eigenvalue weighted by molar-refractivity contribution is 6.06. The summed E-state index contributed by atoms with van der Waals surface area (Å²) in [6.45, 7) is 2.50. The first-order valence-corrected chi connectivity index (χ1v) is 14.7. The fourth-order valence-corrected chi connectivity index (χ4v) is 5.86. The van der Waals surface area contributed by atoms with E-state index >= 15 is 0 Å². The summed E-state index contributed by atoms with van der Waals surface area (Å²) in [6, 6.07) is 7.05. The van der Waals surface area contributed by atoms with Gasteiger partial charge in [-0.3, -0.25) is 9.59 Å². The molecule has 2 atom stereocenters. The summed E-state index contributed by atoms with van der Waals surface area (Å²) in [5.74, 6) is 4.52. The minimum atomic E-state index is -4.47. The van der Waals surface area contributed by atoms with Crippen LogP contribution in [0.2, 0.25) is 0 Å². The average Bonchev–Trinajstić information content (AvgIpc) is 3.55. The molecule has 2 aliphatic heterocycles. The van der Waals surface area contributed by atoms with Crippen LogP contribution in [0.15, 0.2) is 36.7 Å². The van der Waals surface area contributed by atoms with E-state index in [0.29, 0.717) is 43.9 Å². The van der Waals surface area contributed by atoms with Gasteiger partial charge in [-0.25, -0.2) is 0 Å². The molecule has 0 aliphatic carbocycles. The lowest BCUT2D eigenvalue weighted by Crippen LogP contribution is -2.45. The smallest absolute Gasteiger partial charge is 0.381 e. The van der Waals surface area contributed by atoms with Gasteiger partial charge < -0.3 is 39.9 Å². The molecule has 1 fully saturated rings. The number of likely N-dealkylation sites (tertiary alicyclic amines) is 1. The van der Waals surface area contributed by atoms with Crippen LogP contribution in [0.3, 0.4) is 0 Å². The average molecular weight is 615 g/mol. The van der Waals surface area contributed by atoms with Crippen molar-refractivity contribution in [1.29, 1.82) is 0 Å². The van der Waals surface area contributed by atoms with Crippen LogP contribution >= 0.6 is 0 Å². The maximum atomic E-state index is 13.7. The van der Waals surface area contributed by atoms with Gasteiger partial charge in [-0.1, -0.05) is 12.0 Å². The number of nitrogens with one attached hydrogen (secondary N) is 2. The number of fused-ring (bicyclic) bond motifs is 4. The van der Waals surface area contributed by atoms with Crippen LogP contribution in [-0.2, 0) is 22.6 Å². The Balaban J connectivity index is 1.47. The number of carbonyl (C=O) groups excluding carboxylic acids is 2. The summed E-state index contributed by atoms with van der Waals surface area (Å²) in [7, 11) is 2.08. The molecule has 4 heterocycles. The van der Waals surface area contributed by atoms with Crippen LogP contribution in [0.25, 0.3) is 10.9 Å². The zero-order valence-electron chi connectivity index (χ0n) is 24.6. The number of piperidine rings is 1. The minimum Gasteiger partial charge on any atom is -0.381 e. The Hall–Kier alpha value is -3.99. The molecule has 2 amide bonds. The van der Waals surface area contributed by atoms with Crippen LogP contribution in [0, 0.1) is 17.8 Å². The van der Waals surface area contributed by atoms with Crippen LogP contribution < -0.4 is 16.4 Å². The van der Waals surface area contributed by atoms with Crippen molar-refractivity contribution in [2.45, 2.75) is 38.1 Å². The van der Waals surface area contributed by atoms with Crippen LogP contribution in [-0.4, -0.2) is 91.2 Å². The normalized spacial score (nSPS) is 21.1. The van der Waals surface area contributed by atoms with E-state index < -0.39 is 24.5 Å². The Morgan fingerprint density at radius 3 is 2.68 bits per heavy atom.